The van der Waals surface area contributed by atoms with E-state index in [1.165, 1.54) is 0 Å². The summed E-state index contributed by atoms with van der Waals surface area (Å²) in [6.45, 7) is 2.47. The van der Waals surface area contributed by atoms with Crippen LogP contribution in [0.25, 0.3) is 0 Å². The van der Waals surface area contributed by atoms with Gasteiger partial charge in [0.25, 0.3) is 0 Å². The summed E-state index contributed by atoms with van der Waals surface area (Å²) in [6.07, 6.45) is 0. The standard InChI is InChI=1S/C15H14BrNOS/c1-10-8-12(16)6-7-14(10)18-9-11-4-2-3-5-13(11)15(17)19/h2-8H,9H2,1H3,(H2,17,19). The van der Waals surface area contributed by atoms with Crippen LogP contribution in [0.3, 0.4) is 0 Å². The van der Waals surface area contributed by atoms with E-state index < -0.39 is 0 Å². The van der Waals surface area contributed by atoms with Crippen LogP contribution in [0.4, 0.5) is 0 Å². The first kappa shape index (κ1) is 14.0. The molecule has 19 heavy (non-hydrogen) atoms. The van der Waals surface area contributed by atoms with E-state index >= 15 is 0 Å². The van der Waals surface area contributed by atoms with Crippen LogP contribution >= 0.6 is 28.1 Å². The van der Waals surface area contributed by atoms with Gasteiger partial charge in [0.15, 0.2) is 0 Å². The molecule has 0 atom stereocenters. The maximum absolute atomic E-state index is 5.83. The smallest absolute Gasteiger partial charge is 0.122 e. The Bertz CT molecular complexity index is 613. The minimum Gasteiger partial charge on any atom is -0.489 e. The maximum Gasteiger partial charge on any atom is 0.122 e. The molecule has 2 aromatic carbocycles. The van der Waals surface area contributed by atoms with Crippen molar-refractivity contribution in [1.82, 2.24) is 0 Å². The summed E-state index contributed by atoms with van der Waals surface area (Å²) in [5.74, 6) is 0.862. The number of halogens is 1. The van der Waals surface area contributed by atoms with E-state index in [-0.39, 0.29) is 0 Å². The van der Waals surface area contributed by atoms with Crippen LogP contribution in [0.5, 0.6) is 5.75 Å². The lowest BCUT2D eigenvalue weighted by Crippen LogP contribution is -2.13. The van der Waals surface area contributed by atoms with Crippen LogP contribution in [0.15, 0.2) is 46.9 Å². The normalized spacial score (nSPS) is 10.2. The fourth-order valence-electron chi connectivity index (χ4n) is 1.82. The number of benzene rings is 2. The van der Waals surface area contributed by atoms with Crippen molar-refractivity contribution in [2.24, 2.45) is 5.73 Å². The van der Waals surface area contributed by atoms with Crippen molar-refractivity contribution < 1.29 is 4.74 Å². The number of thiocarbonyl (C=S) groups is 1. The van der Waals surface area contributed by atoms with Crippen LogP contribution in [0, 0.1) is 6.92 Å². The van der Waals surface area contributed by atoms with Gasteiger partial charge >= 0.3 is 0 Å². The second kappa shape index (κ2) is 6.17. The van der Waals surface area contributed by atoms with Crippen LogP contribution in [-0.4, -0.2) is 4.99 Å². The molecule has 0 radical (unpaired) electrons. The molecule has 0 heterocycles. The SMILES string of the molecule is Cc1cc(Br)ccc1OCc1ccccc1C(N)=S. The molecule has 0 saturated heterocycles. The Hall–Kier alpha value is -1.39. The number of ether oxygens (including phenoxy) is 1. The van der Waals surface area contributed by atoms with E-state index in [9.17, 15) is 0 Å². The summed E-state index contributed by atoms with van der Waals surface area (Å²) in [5, 5.41) is 0. The van der Waals surface area contributed by atoms with Gasteiger partial charge in [-0.15, -0.1) is 0 Å². The van der Waals surface area contributed by atoms with E-state index in [0.717, 1.165) is 26.9 Å². The highest BCUT2D eigenvalue weighted by molar-refractivity contribution is 9.10. The number of rotatable bonds is 4. The van der Waals surface area contributed by atoms with E-state index in [1.807, 2.05) is 49.4 Å². The van der Waals surface area contributed by atoms with E-state index in [0.29, 0.717) is 11.6 Å². The van der Waals surface area contributed by atoms with Crippen molar-refractivity contribution in [3.05, 3.63) is 63.6 Å². The minimum atomic E-state index is 0.395. The highest BCUT2D eigenvalue weighted by Crippen LogP contribution is 2.23. The molecular weight excluding hydrogens is 322 g/mol. The van der Waals surface area contributed by atoms with Gasteiger partial charge in [-0.05, 0) is 36.2 Å². The fraction of sp³-hybridized carbons (Fsp3) is 0.133. The zero-order chi connectivity index (χ0) is 13.8. The Morgan fingerprint density at radius 2 is 2.00 bits per heavy atom. The Balaban J connectivity index is 2.17. The first-order valence-electron chi connectivity index (χ1n) is 5.84. The third-order valence-corrected chi connectivity index (χ3v) is 3.52. The summed E-state index contributed by atoms with van der Waals surface area (Å²) in [7, 11) is 0. The highest BCUT2D eigenvalue weighted by Gasteiger charge is 2.06. The molecule has 2 aromatic rings. The van der Waals surface area contributed by atoms with Gasteiger partial charge in [-0.3, -0.25) is 0 Å². The molecule has 2 nitrogen and oxygen atoms in total. The molecule has 4 heteroatoms. The van der Waals surface area contributed by atoms with Crippen molar-refractivity contribution in [2.75, 3.05) is 0 Å². The summed E-state index contributed by atoms with van der Waals surface area (Å²) < 4.78 is 6.88. The quantitative estimate of drug-likeness (QED) is 0.858. The Morgan fingerprint density at radius 1 is 1.26 bits per heavy atom. The molecule has 0 aliphatic carbocycles. The third kappa shape index (κ3) is 3.55. The van der Waals surface area contributed by atoms with Gasteiger partial charge in [0.05, 0.1) is 0 Å². The zero-order valence-corrected chi connectivity index (χ0v) is 12.9. The van der Waals surface area contributed by atoms with Crippen LogP contribution in [0.2, 0.25) is 0 Å². The fourth-order valence-corrected chi connectivity index (χ4v) is 2.49. The first-order valence-corrected chi connectivity index (χ1v) is 7.04. The van der Waals surface area contributed by atoms with Crippen molar-refractivity contribution in [1.29, 1.82) is 0 Å². The lowest BCUT2D eigenvalue weighted by atomic mass is 10.1. The number of hydrogen-bond acceptors (Lipinski definition) is 2. The Kier molecular flexibility index (Phi) is 4.56. The average Bonchev–Trinajstić information content (AvgIpc) is 2.38. The molecule has 0 spiro atoms. The summed E-state index contributed by atoms with van der Waals surface area (Å²) in [6, 6.07) is 13.7. The molecule has 0 bridgehead atoms. The predicted molar refractivity (Wildman–Crippen MR) is 85.5 cm³/mol. The molecule has 0 aliphatic heterocycles. The third-order valence-electron chi connectivity index (χ3n) is 2.80. The Morgan fingerprint density at radius 3 is 2.68 bits per heavy atom. The second-order valence-electron chi connectivity index (χ2n) is 4.22. The summed E-state index contributed by atoms with van der Waals surface area (Å²) in [4.78, 5) is 0.395. The van der Waals surface area contributed by atoms with Gasteiger partial charge in [0.2, 0.25) is 0 Å². The molecule has 0 fully saturated rings. The average molecular weight is 336 g/mol. The van der Waals surface area contributed by atoms with Crippen molar-refractivity contribution in [2.45, 2.75) is 13.5 Å². The predicted octanol–water partition coefficient (Wildman–Crippen LogP) is 3.97. The van der Waals surface area contributed by atoms with E-state index in [4.69, 9.17) is 22.7 Å². The van der Waals surface area contributed by atoms with E-state index in [2.05, 4.69) is 15.9 Å². The Labute approximate surface area is 126 Å². The maximum atomic E-state index is 5.83. The molecule has 0 saturated carbocycles. The molecular formula is C15H14BrNOS. The van der Waals surface area contributed by atoms with Gasteiger partial charge in [-0.1, -0.05) is 52.4 Å². The van der Waals surface area contributed by atoms with Gasteiger partial charge in [0.1, 0.15) is 17.3 Å². The van der Waals surface area contributed by atoms with Gasteiger partial charge in [0, 0.05) is 10.0 Å². The molecule has 0 aromatic heterocycles. The van der Waals surface area contributed by atoms with Crippen LogP contribution < -0.4 is 10.5 Å². The number of aryl methyl sites for hydroxylation is 1. The lowest BCUT2D eigenvalue weighted by Gasteiger charge is -2.12. The topological polar surface area (TPSA) is 35.2 Å². The van der Waals surface area contributed by atoms with Crippen molar-refractivity contribution >= 4 is 33.1 Å². The van der Waals surface area contributed by atoms with Gasteiger partial charge in [-0.25, -0.2) is 0 Å². The van der Waals surface area contributed by atoms with Gasteiger partial charge in [-0.2, -0.15) is 0 Å². The monoisotopic (exact) mass is 335 g/mol. The number of hydrogen-bond donors (Lipinski definition) is 1. The highest BCUT2D eigenvalue weighted by atomic mass is 79.9. The molecule has 0 amide bonds. The molecule has 0 aliphatic rings. The summed E-state index contributed by atoms with van der Waals surface area (Å²) >= 11 is 8.47. The second-order valence-corrected chi connectivity index (χ2v) is 5.58. The van der Waals surface area contributed by atoms with Crippen LogP contribution in [0.1, 0.15) is 16.7 Å². The van der Waals surface area contributed by atoms with Crippen molar-refractivity contribution in [3.8, 4) is 5.75 Å². The molecule has 2 N–H and O–H groups in total. The van der Waals surface area contributed by atoms with E-state index in [1.54, 1.807) is 0 Å². The van der Waals surface area contributed by atoms with Crippen LogP contribution in [-0.2, 0) is 6.61 Å². The summed E-state index contributed by atoms with van der Waals surface area (Å²) in [5.41, 5.74) is 8.65. The zero-order valence-electron chi connectivity index (χ0n) is 10.5. The van der Waals surface area contributed by atoms with Gasteiger partial charge < -0.3 is 10.5 Å². The molecule has 0 unspecified atom stereocenters. The minimum absolute atomic E-state index is 0.395. The number of nitrogens with two attached hydrogens (primary N) is 1. The largest absolute Gasteiger partial charge is 0.489 e. The first-order chi connectivity index (χ1) is 9.08. The molecule has 2 rings (SSSR count). The van der Waals surface area contributed by atoms with Crippen molar-refractivity contribution in [3.63, 3.8) is 0 Å². The lowest BCUT2D eigenvalue weighted by molar-refractivity contribution is 0.304. The molecule has 98 valence electrons.